The van der Waals surface area contributed by atoms with Crippen LogP contribution in [0.5, 0.6) is 0 Å². The molecule has 1 nitrogen and oxygen atoms in total. The number of hydrogen-bond acceptors (Lipinski definition) is 1. The fourth-order valence-electron chi connectivity index (χ4n) is 0.701. The van der Waals surface area contributed by atoms with Gasteiger partial charge >= 0.3 is 0 Å². The highest BCUT2D eigenvalue weighted by Crippen LogP contribution is 2.01. The van der Waals surface area contributed by atoms with E-state index in [0.29, 0.717) is 4.43 Å². The van der Waals surface area contributed by atoms with Gasteiger partial charge in [-0.1, -0.05) is 52.9 Å². The number of ketones is 1. The van der Waals surface area contributed by atoms with Crippen molar-refractivity contribution in [3.63, 3.8) is 0 Å². The first-order valence-electron chi connectivity index (χ1n) is 2.99. The molecule has 52 valence electrons. The largest absolute Gasteiger partial charge is 0.293 e. The Morgan fingerprint density at radius 3 is 2.40 bits per heavy atom. The fourth-order valence-corrected chi connectivity index (χ4v) is 1.14. The van der Waals surface area contributed by atoms with Gasteiger partial charge in [0.15, 0.2) is 5.78 Å². The first-order valence-corrected chi connectivity index (χ1v) is 4.51. The van der Waals surface area contributed by atoms with E-state index in [-0.39, 0.29) is 5.78 Å². The summed E-state index contributed by atoms with van der Waals surface area (Å²) in [4.78, 5) is 11.0. The molecule has 0 bridgehead atoms. The summed E-state index contributed by atoms with van der Waals surface area (Å²) in [5.41, 5.74) is 0.803. The van der Waals surface area contributed by atoms with E-state index in [9.17, 15) is 4.79 Å². The first kappa shape index (κ1) is 7.72. The van der Waals surface area contributed by atoms with Gasteiger partial charge in [-0.15, -0.1) is 0 Å². The second-order valence-corrected chi connectivity index (χ2v) is 2.69. The normalized spacial score (nSPS) is 9.30. The van der Waals surface area contributed by atoms with Crippen LogP contribution >= 0.6 is 22.6 Å². The van der Waals surface area contributed by atoms with E-state index in [1.54, 1.807) is 0 Å². The van der Waals surface area contributed by atoms with Gasteiger partial charge in [0.05, 0.1) is 4.43 Å². The van der Waals surface area contributed by atoms with E-state index in [2.05, 4.69) is 22.6 Å². The molecule has 2 heteroatoms. The third-order valence-corrected chi connectivity index (χ3v) is 1.91. The lowest BCUT2D eigenvalue weighted by Crippen LogP contribution is -1.97. The monoisotopic (exact) mass is 246 g/mol. The minimum absolute atomic E-state index is 0.196. The SMILES string of the molecule is O=C(CI)c1ccccc1. The van der Waals surface area contributed by atoms with Crippen molar-refractivity contribution in [2.75, 3.05) is 4.43 Å². The van der Waals surface area contributed by atoms with Crippen LogP contribution in [0.15, 0.2) is 30.3 Å². The van der Waals surface area contributed by atoms with E-state index in [1.807, 2.05) is 30.3 Å². The molecule has 0 saturated heterocycles. The number of Topliss-reactive ketones (excluding diaryl/α,β-unsaturated/α-hetero) is 1. The van der Waals surface area contributed by atoms with Crippen LogP contribution in [0.4, 0.5) is 0 Å². The first-order chi connectivity index (χ1) is 4.84. The number of alkyl halides is 1. The third kappa shape index (κ3) is 1.80. The Labute approximate surface area is 73.6 Å². The number of benzene rings is 1. The molecule has 0 aliphatic carbocycles. The summed E-state index contributed by atoms with van der Waals surface area (Å²) in [5.74, 6) is 0.196. The lowest BCUT2D eigenvalue weighted by molar-refractivity contribution is 0.102. The second kappa shape index (κ2) is 3.71. The summed E-state index contributed by atoms with van der Waals surface area (Å²) in [5, 5.41) is 0. The highest BCUT2D eigenvalue weighted by Gasteiger charge is 1.99. The van der Waals surface area contributed by atoms with Gasteiger partial charge in [0.2, 0.25) is 0 Å². The van der Waals surface area contributed by atoms with Crippen molar-refractivity contribution in [1.29, 1.82) is 0 Å². The molecule has 0 spiro atoms. The minimum atomic E-state index is 0.196. The molecule has 1 rings (SSSR count). The van der Waals surface area contributed by atoms with Crippen LogP contribution in [-0.2, 0) is 0 Å². The Balaban J connectivity index is 2.85. The summed E-state index contributed by atoms with van der Waals surface area (Å²) in [6.45, 7) is 0. The van der Waals surface area contributed by atoms with Crippen molar-refractivity contribution in [2.24, 2.45) is 0 Å². The molecule has 0 heterocycles. The fraction of sp³-hybridized carbons (Fsp3) is 0.125. The topological polar surface area (TPSA) is 17.1 Å². The summed E-state index contributed by atoms with van der Waals surface area (Å²) in [6.07, 6.45) is 0. The van der Waals surface area contributed by atoms with Gasteiger partial charge < -0.3 is 0 Å². The number of rotatable bonds is 2. The van der Waals surface area contributed by atoms with E-state index >= 15 is 0 Å². The Kier molecular flexibility index (Phi) is 2.86. The van der Waals surface area contributed by atoms with Gasteiger partial charge in [-0.05, 0) is 0 Å². The molecule has 1 aromatic rings. The molecule has 1 aromatic carbocycles. The summed E-state index contributed by atoms with van der Waals surface area (Å²) in [7, 11) is 0. The minimum Gasteiger partial charge on any atom is -0.293 e. The van der Waals surface area contributed by atoms with Crippen LogP contribution in [0.3, 0.4) is 0 Å². The Morgan fingerprint density at radius 1 is 1.30 bits per heavy atom. The maximum atomic E-state index is 11.0. The van der Waals surface area contributed by atoms with Gasteiger partial charge in [-0.2, -0.15) is 0 Å². The smallest absolute Gasteiger partial charge is 0.172 e. The number of carbonyl (C=O) groups excluding carboxylic acids is 1. The van der Waals surface area contributed by atoms with Crippen LogP contribution < -0.4 is 0 Å². The average Bonchev–Trinajstić information content (AvgIpc) is 2.05. The predicted octanol–water partition coefficient (Wildman–Crippen LogP) is 2.30. The van der Waals surface area contributed by atoms with Gasteiger partial charge in [0.25, 0.3) is 0 Å². The van der Waals surface area contributed by atoms with Crippen LogP contribution in [0.2, 0.25) is 0 Å². The van der Waals surface area contributed by atoms with Crippen molar-refractivity contribution < 1.29 is 4.79 Å². The summed E-state index contributed by atoms with van der Waals surface area (Å²) < 4.78 is 0.557. The third-order valence-electron chi connectivity index (χ3n) is 1.22. The van der Waals surface area contributed by atoms with Crippen LogP contribution in [-0.4, -0.2) is 10.2 Å². The highest BCUT2D eigenvalue weighted by atomic mass is 127. The van der Waals surface area contributed by atoms with Gasteiger partial charge in [0, 0.05) is 5.56 Å². The molecule has 0 radical (unpaired) electrons. The maximum absolute atomic E-state index is 11.0. The maximum Gasteiger partial charge on any atom is 0.172 e. The highest BCUT2D eigenvalue weighted by molar-refractivity contribution is 14.1. The molecule has 0 saturated carbocycles. The van der Waals surface area contributed by atoms with E-state index in [4.69, 9.17) is 0 Å². The Morgan fingerprint density at radius 2 is 1.90 bits per heavy atom. The number of carbonyl (C=O) groups is 1. The van der Waals surface area contributed by atoms with Crippen molar-refractivity contribution in [2.45, 2.75) is 0 Å². The van der Waals surface area contributed by atoms with Crippen molar-refractivity contribution in [3.8, 4) is 0 Å². The molecule has 0 aliphatic rings. The van der Waals surface area contributed by atoms with E-state index in [1.165, 1.54) is 0 Å². The zero-order chi connectivity index (χ0) is 7.40. The average molecular weight is 246 g/mol. The quantitative estimate of drug-likeness (QED) is 0.444. The lowest BCUT2D eigenvalue weighted by atomic mass is 10.2. The zero-order valence-corrected chi connectivity index (χ0v) is 7.54. The van der Waals surface area contributed by atoms with Crippen LogP contribution in [0.25, 0.3) is 0 Å². The number of halogens is 1. The van der Waals surface area contributed by atoms with Crippen molar-refractivity contribution in [1.82, 2.24) is 0 Å². The van der Waals surface area contributed by atoms with Crippen LogP contribution in [0, 0.1) is 0 Å². The molecule has 10 heavy (non-hydrogen) atoms. The second-order valence-electron chi connectivity index (χ2n) is 1.92. The molecule has 0 unspecified atom stereocenters. The molecular formula is C8H7IO. The molecule has 0 N–H and O–H groups in total. The van der Waals surface area contributed by atoms with Gasteiger partial charge in [-0.25, -0.2) is 0 Å². The lowest BCUT2D eigenvalue weighted by Gasteiger charge is -1.92. The molecule has 0 atom stereocenters. The summed E-state index contributed by atoms with van der Waals surface area (Å²) >= 11 is 2.07. The Bertz CT molecular complexity index is 218. The van der Waals surface area contributed by atoms with E-state index in [0.717, 1.165) is 5.56 Å². The van der Waals surface area contributed by atoms with E-state index < -0.39 is 0 Å². The standard InChI is InChI=1S/C8H7IO/c9-6-8(10)7-4-2-1-3-5-7/h1-5H,6H2. The van der Waals surface area contributed by atoms with Crippen molar-refractivity contribution >= 4 is 28.4 Å². The molecular weight excluding hydrogens is 239 g/mol. The molecule has 0 amide bonds. The predicted molar refractivity (Wildman–Crippen MR) is 49.7 cm³/mol. The molecule has 0 fully saturated rings. The number of hydrogen-bond donors (Lipinski definition) is 0. The molecule has 0 aliphatic heterocycles. The van der Waals surface area contributed by atoms with Gasteiger partial charge in [0.1, 0.15) is 0 Å². The Hall–Kier alpha value is -0.380. The van der Waals surface area contributed by atoms with Gasteiger partial charge in [-0.3, -0.25) is 4.79 Å². The molecule has 0 aromatic heterocycles. The summed E-state index contributed by atoms with van der Waals surface area (Å²) in [6, 6.07) is 9.32. The van der Waals surface area contributed by atoms with Crippen LogP contribution in [0.1, 0.15) is 10.4 Å². The zero-order valence-electron chi connectivity index (χ0n) is 5.38. The van der Waals surface area contributed by atoms with Crippen molar-refractivity contribution in [3.05, 3.63) is 35.9 Å².